The number of hydrogen-bond acceptors (Lipinski definition) is 5. The second kappa shape index (κ2) is 7.36. The molecule has 0 bridgehead atoms. The SMILES string of the molecule is COc1ccc(F)cc1C[S@](=O)[C@@H](C)C(=O)Nc1cc(C)no1. The average molecular weight is 340 g/mol. The third-order valence-electron chi connectivity index (χ3n) is 3.18. The number of nitrogens with one attached hydrogen (secondary N) is 1. The molecule has 0 fully saturated rings. The van der Waals surface area contributed by atoms with Gasteiger partial charge in [0.15, 0.2) is 0 Å². The average Bonchev–Trinajstić information content (AvgIpc) is 2.91. The van der Waals surface area contributed by atoms with E-state index in [1.165, 1.54) is 32.2 Å². The lowest BCUT2D eigenvalue weighted by atomic mass is 10.2. The zero-order valence-electron chi connectivity index (χ0n) is 13.0. The van der Waals surface area contributed by atoms with E-state index in [0.29, 0.717) is 17.0 Å². The lowest BCUT2D eigenvalue weighted by Crippen LogP contribution is -2.29. The van der Waals surface area contributed by atoms with Crippen molar-refractivity contribution in [2.45, 2.75) is 24.9 Å². The van der Waals surface area contributed by atoms with Gasteiger partial charge in [-0.15, -0.1) is 0 Å². The molecule has 0 aliphatic carbocycles. The van der Waals surface area contributed by atoms with Crippen molar-refractivity contribution in [3.63, 3.8) is 0 Å². The number of halogens is 1. The predicted octanol–water partition coefficient (Wildman–Crippen LogP) is 2.41. The first kappa shape index (κ1) is 17.1. The van der Waals surface area contributed by atoms with E-state index in [-0.39, 0.29) is 11.6 Å². The van der Waals surface area contributed by atoms with Gasteiger partial charge < -0.3 is 9.26 Å². The van der Waals surface area contributed by atoms with Gasteiger partial charge in [-0.25, -0.2) is 4.39 Å². The van der Waals surface area contributed by atoms with Crippen molar-refractivity contribution >= 4 is 22.6 Å². The summed E-state index contributed by atoms with van der Waals surface area (Å²) >= 11 is 0. The quantitative estimate of drug-likeness (QED) is 0.873. The van der Waals surface area contributed by atoms with Crippen LogP contribution in [0, 0.1) is 12.7 Å². The number of anilines is 1. The number of rotatable bonds is 6. The standard InChI is InChI=1S/C15H17FN2O4S/c1-9-6-14(22-18-9)17-15(19)10(2)23(20)8-11-7-12(16)4-5-13(11)21-3/h4-7,10H,8H2,1-3H3,(H,17,19)/t10-,23-/m0/s1. The molecular weight excluding hydrogens is 323 g/mol. The first-order chi connectivity index (χ1) is 10.9. The summed E-state index contributed by atoms with van der Waals surface area (Å²) in [5.41, 5.74) is 1.07. The van der Waals surface area contributed by atoms with Crippen molar-refractivity contribution in [2.24, 2.45) is 0 Å². The molecule has 1 aromatic carbocycles. The highest BCUT2D eigenvalue weighted by molar-refractivity contribution is 7.85. The van der Waals surface area contributed by atoms with Crippen LogP contribution in [0.15, 0.2) is 28.8 Å². The van der Waals surface area contributed by atoms with Gasteiger partial charge in [0.1, 0.15) is 16.8 Å². The zero-order valence-corrected chi connectivity index (χ0v) is 13.8. The number of hydrogen-bond donors (Lipinski definition) is 1. The summed E-state index contributed by atoms with van der Waals surface area (Å²) in [4.78, 5) is 12.1. The number of carbonyl (C=O) groups is 1. The fraction of sp³-hybridized carbons (Fsp3) is 0.333. The molecule has 124 valence electrons. The van der Waals surface area contributed by atoms with Crippen LogP contribution in [0.1, 0.15) is 18.2 Å². The van der Waals surface area contributed by atoms with Gasteiger partial charge in [-0.2, -0.15) is 0 Å². The van der Waals surface area contributed by atoms with E-state index in [2.05, 4.69) is 10.5 Å². The number of amides is 1. The van der Waals surface area contributed by atoms with Gasteiger partial charge in [-0.1, -0.05) is 5.16 Å². The highest BCUT2D eigenvalue weighted by Crippen LogP contribution is 2.22. The van der Waals surface area contributed by atoms with Gasteiger partial charge in [0.05, 0.1) is 18.6 Å². The molecule has 2 aromatic rings. The van der Waals surface area contributed by atoms with Crippen LogP contribution in [0.2, 0.25) is 0 Å². The molecule has 0 unspecified atom stereocenters. The molecule has 1 N–H and O–H groups in total. The van der Waals surface area contributed by atoms with Crippen LogP contribution in [0.25, 0.3) is 0 Å². The van der Waals surface area contributed by atoms with Gasteiger partial charge in [0, 0.05) is 22.4 Å². The molecule has 0 aliphatic heterocycles. The summed E-state index contributed by atoms with van der Waals surface area (Å²) in [7, 11) is -0.107. The van der Waals surface area contributed by atoms with E-state index >= 15 is 0 Å². The Morgan fingerprint density at radius 3 is 2.83 bits per heavy atom. The van der Waals surface area contributed by atoms with Crippen LogP contribution in [0.4, 0.5) is 10.3 Å². The molecule has 1 aromatic heterocycles. The molecular formula is C15H17FN2O4S. The number of aromatic nitrogens is 1. The fourth-order valence-corrected chi connectivity index (χ4v) is 2.98. The summed E-state index contributed by atoms with van der Waals surface area (Å²) < 4.78 is 35.7. The minimum atomic E-state index is -1.55. The Balaban J connectivity index is 2.05. The molecule has 0 radical (unpaired) electrons. The van der Waals surface area contributed by atoms with E-state index in [9.17, 15) is 13.4 Å². The van der Waals surface area contributed by atoms with Crippen molar-refractivity contribution in [1.29, 1.82) is 0 Å². The van der Waals surface area contributed by atoms with Gasteiger partial charge in [0.2, 0.25) is 11.8 Å². The molecule has 6 nitrogen and oxygen atoms in total. The highest BCUT2D eigenvalue weighted by atomic mass is 32.2. The molecule has 0 aliphatic rings. The van der Waals surface area contributed by atoms with Gasteiger partial charge in [-0.05, 0) is 32.0 Å². The van der Waals surface area contributed by atoms with Gasteiger partial charge in [0.25, 0.3) is 0 Å². The second-order valence-electron chi connectivity index (χ2n) is 4.95. The number of aryl methyl sites for hydroxylation is 1. The predicted molar refractivity (Wildman–Crippen MR) is 84.1 cm³/mol. The minimum Gasteiger partial charge on any atom is -0.496 e. The molecule has 2 atom stereocenters. The zero-order chi connectivity index (χ0) is 17.0. The smallest absolute Gasteiger partial charge is 0.242 e. The molecule has 0 saturated carbocycles. The molecule has 2 rings (SSSR count). The summed E-state index contributed by atoms with van der Waals surface area (Å²) in [5, 5.41) is 5.34. The maximum Gasteiger partial charge on any atom is 0.242 e. The van der Waals surface area contributed by atoms with Crippen LogP contribution >= 0.6 is 0 Å². The maximum absolute atomic E-state index is 13.3. The Morgan fingerprint density at radius 2 is 2.22 bits per heavy atom. The number of ether oxygens (including phenoxy) is 1. The number of carbonyl (C=O) groups excluding carboxylic acids is 1. The maximum atomic E-state index is 13.3. The summed E-state index contributed by atoms with van der Waals surface area (Å²) in [6, 6.07) is 5.53. The van der Waals surface area contributed by atoms with Crippen molar-refractivity contribution in [3.05, 3.63) is 41.3 Å². The normalized spacial score (nSPS) is 13.4. The second-order valence-corrected chi connectivity index (χ2v) is 6.70. The Labute approximate surface area is 135 Å². The summed E-state index contributed by atoms with van der Waals surface area (Å²) in [6.07, 6.45) is 0. The summed E-state index contributed by atoms with van der Waals surface area (Å²) in [5.74, 6) is -0.287. The van der Waals surface area contributed by atoms with Gasteiger partial charge in [-0.3, -0.25) is 14.3 Å². The molecule has 1 amide bonds. The Hall–Kier alpha value is -2.22. The number of nitrogens with zero attached hydrogens (tertiary/aromatic N) is 1. The monoisotopic (exact) mass is 340 g/mol. The van der Waals surface area contributed by atoms with Crippen molar-refractivity contribution < 1.29 is 22.7 Å². The Bertz CT molecular complexity index is 732. The fourth-order valence-electron chi connectivity index (χ4n) is 1.90. The molecule has 0 spiro atoms. The lowest BCUT2D eigenvalue weighted by Gasteiger charge is -2.12. The largest absolute Gasteiger partial charge is 0.496 e. The molecule has 0 saturated heterocycles. The lowest BCUT2D eigenvalue weighted by molar-refractivity contribution is -0.115. The highest BCUT2D eigenvalue weighted by Gasteiger charge is 2.22. The van der Waals surface area contributed by atoms with E-state index < -0.39 is 27.8 Å². The molecule has 1 heterocycles. The minimum absolute atomic E-state index is 0.00491. The molecule has 8 heteroatoms. The van der Waals surface area contributed by atoms with Crippen LogP contribution in [-0.4, -0.2) is 27.6 Å². The van der Waals surface area contributed by atoms with E-state index in [4.69, 9.17) is 9.26 Å². The van der Waals surface area contributed by atoms with E-state index in [0.717, 1.165) is 0 Å². The Morgan fingerprint density at radius 1 is 1.48 bits per heavy atom. The Kier molecular flexibility index (Phi) is 5.49. The number of benzene rings is 1. The van der Waals surface area contributed by atoms with Crippen molar-refractivity contribution in [1.82, 2.24) is 5.16 Å². The van der Waals surface area contributed by atoms with Crippen LogP contribution in [0.3, 0.4) is 0 Å². The molecule has 23 heavy (non-hydrogen) atoms. The van der Waals surface area contributed by atoms with Crippen LogP contribution in [0.5, 0.6) is 5.75 Å². The number of methoxy groups -OCH3 is 1. The topological polar surface area (TPSA) is 81.4 Å². The first-order valence-corrected chi connectivity index (χ1v) is 8.22. The first-order valence-electron chi connectivity index (χ1n) is 6.84. The van der Waals surface area contributed by atoms with Crippen molar-refractivity contribution in [3.8, 4) is 5.75 Å². The van der Waals surface area contributed by atoms with Crippen molar-refractivity contribution in [2.75, 3.05) is 12.4 Å². The third-order valence-corrected chi connectivity index (χ3v) is 4.78. The van der Waals surface area contributed by atoms with Crippen LogP contribution in [-0.2, 0) is 21.3 Å². The summed E-state index contributed by atoms with van der Waals surface area (Å²) in [6.45, 7) is 3.25. The van der Waals surface area contributed by atoms with Gasteiger partial charge >= 0.3 is 0 Å². The van der Waals surface area contributed by atoms with Crippen LogP contribution < -0.4 is 10.1 Å². The van der Waals surface area contributed by atoms with E-state index in [1.807, 2.05) is 0 Å². The third kappa shape index (κ3) is 4.38. The van der Waals surface area contributed by atoms with E-state index in [1.54, 1.807) is 13.0 Å².